The standard InChI is InChI=1S/C21H16ClN3O2/c1-14-2-4-15(5-3-14)12-25-13-17(8-11-19(25)26)21-23-20(24-27-21)16-6-9-18(22)10-7-16/h2-11,13H,12H2,1H3. The third-order valence-corrected chi connectivity index (χ3v) is 4.48. The van der Waals surface area contributed by atoms with E-state index >= 15 is 0 Å². The van der Waals surface area contributed by atoms with Gasteiger partial charge in [0, 0.05) is 22.8 Å². The van der Waals surface area contributed by atoms with Crippen LogP contribution in [0.25, 0.3) is 22.8 Å². The highest BCUT2D eigenvalue weighted by Gasteiger charge is 2.12. The Morgan fingerprint density at radius 2 is 1.67 bits per heavy atom. The molecule has 2 aromatic carbocycles. The summed E-state index contributed by atoms with van der Waals surface area (Å²) in [5.41, 5.74) is 3.64. The normalized spacial score (nSPS) is 10.9. The molecule has 0 saturated carbocycles. The summed E-state index contributed by atoms with van der Waals surface area (Å²) in [5, 5.41) is 4.67. The Morgan fingerprint density at radius 1 is 0.963 bits per heavy atom. The molecule has 0 atom stereocenters. The van der Waals surface area contributed by atoms with Crippen molar-refractivity contribution in [3.05, 3.63) is 93.4 Å². The third-order valence-electron chi connectivity index (χ3n) is 4.23. The predicted molar refractivity (Wildman–Crippen MR) is 105 cm³/mol. The summed E-state index contributed by atoms with van der Waals surface area (Å²) in [5.74, 6) is 0.829. The summed E-state index contributed by atoms with van der Waals surface area (Å²) in [4.78, 5) is 16.7. The highest BCUT2D eigenvalue weighted by molar-refractivity contribution is 6.30. The molecule has 0 aliphatic rings. The zero-order valence-corrected chi connectivity index (χ0v) is 15.3. The zero-order chi connectivity index (χ0) is 18.8. The van der Waals surface area contributed by atoms with Crippen molar-refractivity contribution in [3.63, 3.8) is 0 Å². The SMILES string of the molecule is Cc1ccc(Cn2cc(-c3nc(-c4ccc(Cl)cc4)no3)ccc2=O)cc1. The lowest BCUT2D eigenvalue weighted by Crippen LogP contribution is -2.19. The van der Waals surface area contributed by atoms with Crippen LogP contribution >= 0.6 is 11.6 Å². The van der Waals surface area contributed by atoms with E-state index in [2.05, 4.69) is 10.1 Å². The largest absolute Gasteiger partial charge is 0.334 e. The predicted octanol–water partition coefficient (Wildman–Crippen LogP) is 4.58. The Bertz CT molecular complexity index is 1130. The Hall–Kier alpha value is -3.18. The van der Waals surface area contributed by atoms with Gasteiger partial charge in [-0.2, -0.15) is 4.98 Å². The van der Waals surface area contributed by atoms with Crippen LogP contribution in [0.1, 0.15) is 11.1 Å². The number of aromatic nitrogens is 3. The van der Waals surface area contributed by atoms with Crippen molar-refractivity contribution in [2.45, 2.75) is 13.5 Å². The van der Waals surface area contributed by atoms with Gasteiger partial charge in [0.05, 0.1) is 12.1 Å². The summed E-state index contributed by atoms with van der Waals surface area (Å²) in [7, 11) is 0. The van der Waals surface area contributed by atoms with Gasteiger partial charge in [-0.3, -0.25) is 4.79 Å². The molecule has 0 aliphatic carbocycles. The van der Waals surface area contributed by atoms with Gasteiger partial charge >= 0.3 is 0 Å². The van der Waals surface area contributed by atoms with Crippen molar-refractivity contribution < 1.29 is 4.52 Å². The quantitative estimate of drug-likeness (QED) is 0.522. The fraction of sp³-hybridized carbons (Fsp3) is 0.0952. The molecule has 2 aromatic heterocycles. The minimum absolute atomic E-state index is 0.0863. The first-order chi connectivity index (χ1) is 13.1. The highest BCUT2D eigenvalue weighted by atomic mass is 35.5. The first-order valence-electron chi connectivity index (χ1n) is 8.44. The van der Waals surface area contributed by atoms with Gasteiger partial charge in [-0.25, -0.2) is 0 Å². The van der Waals surface area contributed by atoms with E-state index in [1.54, 1.807) is 29.0 Å². The minimum atomic E-state index is -0.0863. The first kappa shape index (κ1) is 17.2. The average molecular weight is 378 g/mol. The second-order valence-corrected chi connectivity index (χ2v) is 6.74. The molecule has 0 saturated heterocycles. The number of pyridine rings is 1. The summed E-state index contributed by atoms with van der Waals surface area (Å²) >= 11 is 5.91. The molecular weight excluding hydrogens is 362 g/mol. The Kier molecular flexibility index (Phi) is 4.60. The molecule has 0 N–H and O–H groups in total. The van der Waals surface area contributed by atoms with Crippen LogP contribution in [0.4, 0.5) is 0 Å². The van der Waals surface area contributed by atoms with Gasteiger partial charge in [-0.15, -0.1) is 0 Å². The van der Waals surface area contributed by atoms with E-state index in [-0.39, 0.29) is 5.56 Å². The van der Waals surface area contributed by atoms with Crippen molar-refractivity contribution >= 4 is 11.6 Å². The van der Waals surface area contributed by atoms with Crippen molar-refractivity contribution in [3.8, 4) is 22.8 Å². The van der Waals surface area contributed by atoms with Crippen LogP contribution in [-0.4, -0.2) is 14.7 Å². The van der Waals surface area contributed by atoms with Crippen LogP contribution in [0.15, 0.2) is 76.2 Å². The van der Waals surface area contributed by atoms with Gasteiger partial charge in [-0.05, 0) is 42.8 Å². The molecule has 0 radical (unpaired) electrons. The molecule has 0 aliphatic heterocycles. The minimum Gasteiger partial charge on any atom is -0.334 e. The van der Waals surface area contributed by atoms with Gasteiger partial charge in [0.15, 0.2) is 0 Å². The molecule has 0 amide bonds. The molecule has 4 aromatic rings. The van der Waals surface area contributed by atoms with Gasteiger partial charge in [-0.1, -0.05) is 46.6 Å². The molecule has 2 heterocycles. The molecule has 0 unspecified atom stereocenters. The fourth-order valence-corrected chi connectivity index (χ4v) is 2.85. The molecule has 27 heavy (non-hydrogen) atoms. The van der Waals surface area contributed by atoms with Gasteiger partial charge in [0.25, 0.3) is 11.4 Å². The smallest absolute Gasteiger partial charge is 0.259 e. The number of nitrogens with zero attached hydrogens (tertiary/aromatic N) is 3. The fourth-order valence-electron chi connectivity index (χ4n) is 2.73. The van der Waals surface area contributed by atoms with Crippen molar-refractivity contribution in [2.75, 3.05) is 0 Å². The maximum absolute atomic E-state index is 12.2. The van der Waals surface area contributed by atoms with Crippen LogP contribution in [0.2, 0.25) is 5.02 Å². The molecule has 5 nitrogen and oxygen atoms in total. The summed E-state index contributed by atoms with van der Waals surface area (Å²) in [6.45, 7) is 2.51. The Labute approximate surface area is 160 Å². The lowest BCUT2D eigenvalue weighted by Gasteiger charge is -2.07. The molecule has 6 heteroatoms. The number of hydrogen-bond acceptors (Lipinski definition) is 4. The Morgan fingerprint density at radius 3 is 2.41 bits per heavy atom. The van der Waals surface area contributed by atoms with E-state index in [4.69, 9.17) is 16.1 Å². The number of benzene rings is 2. The highest BCUT2D eigenvalue weighted by Crippen LogP contribution is 2.23. The Balaban J connectivity index is 1.64. The molecule has 134 valence electrons. The maximum Gasteiger partial charge on any atom is 0.259 e. The molecule has 0 bridgehead atoms. The van der Waals surface area contributed by atoms with Crippen LogP contribution in [0.3, 0.4) is 0 Å². The van der Waals surface area contributed by atoms with Crippen LogP contribution in [-0.2, 0) is 6.54 Å². The number of hydrogen-bond donors (Lipinski definition) is 0. The zero-order valence-electron chi connectivity index (χ0n) is 14.6. The second-order valence-electron chi connectivity index (χ2n) is 6.30. The van der Waals surface area contributed by atoms with E-state index in [0.717, 1.165) is 11.1 Å². The van der Waals surface area contributed by atoms with Crippen LogP contribution in [0, 0.1) is 6.92 Å². The van der Waals surface area contributed by atoms with Gasteiger partial charge in [0.1, 0.15) is 0 Å². The molecule has 4 rings (SSSR count). The summed E-state index contributed by atoms with van der Waals surface area (Å²) in [6, 6.07) is 18.5. The van der Waals surface area contributed by atoms with E-state index in [0.29, 0.717) is 28.8 Å². The van der Waals surface area contributed by atoms with E-state index in [9.17, 15) is 4.79 Å². The molecule has 0 spiro atoms. The van der Waals surface area contributed by atoms with E-state index in [1.165, 1.54) is 11.6 Å². The second kappa shape index (κ2) is 7.21. The number of rotatable bonds is 4. The van der Waals surface area contributed by atoms with Crippen LogP contribution < -0.4 is 5.56 Å². The maximum atomic E-state index is 12.2. The number of aryl methyl sites for hydroxylation is 1. The van der Waals surface area contributed by atoms with Crippen molar-refractivity contribution in [1.29, 1.82) is 0 Å². The lowest BCUT2D eigenvalue weighted by atomic mass is 10.1. The van der Waals surface area contributed by atoms with E-state index in [1.807, 2.05) is 43.3 Å². The van der Waals surface area contributed by atoms with Crippen molar-refractivity contribution in [1.82, 2.24) is 14.7 Å². The van der Waals surface area contributed by atoms with Crippen molar-refractivity contribution in [2.24, 2.45) is 0 Å². The first-order valence-corrected chi connectivity index (χ1v) is 8.82. The van der Waals surface area contributed by atoms with E-state index < -0.39 is 0 Å². The summed E-state index contributed by atoms with van der Waals surface area (Å²) in [6.07, 6.45) is 1.74. The topological polar surface area (TPSA) is 60.9 Å². The monoisotopic (exact) mass is 377 g/mol. The average Bonchev–Trinajstić information content (AvgIpc) is 3.16. The van der Waals surface area contributed by atoms with Gasteiger partial charge in [0.2, 0.25) is 5.82 Å². The van der Waals surface area contributed by atoms with Crippen LogP contribution in [0.5, 0.6) is 0 Å². The van der Waals surface area contributed by atoms with Gasteiger partial charge < -0.3 is 9.09 Å². The summed E-state index contributed by atoms with van der Waals surface area (Å²) < 4.78 is 7.02. The number of halogens is 1. The molecular formula is C21H16ClN3O2. The third kappa shape index (κ3) is 3.83. The lowest BCUT2D eigenvalue weighted by molar-refractivity contribution is 0.432. The molecule has 0 fully saturated rings.